The summed E-state index contributed by atoms with van der Waals surface area (Å²) < 4.78 is 1.97. The molecular formula is C7H12N4. The summed E-state index contributed by atoms with van der Waals surface area (Å²) in [6, 6.07) is 0. The highest BCUT2D eigenvalue weighted by Crippen LogP contribution is 1.94. The van der Waals surface area contributed by atoms with Crippen LogP contribution >= 0.6 is 0 Å². The predicted octanol–water partition coefficient (Wildman–Crippen LogP) is 0.168. The number of hydrogen-bond acceptors (Lipinski definition) is 3. The maximum Gasteiger partial charge on any atom is 0.0945 e. The van der Waals surface area contributed by atoms with Crippen LogP contribution in [0, 0.1) is 0 Å². The van der Waals surface area contributed by atoms with Crippen LogP contribution in [0.5, 0.6) is 0 Å². The average molecular weight is 152 g/mol. The van der Waals surface area contributed by atoms with E-state index in [9.17, 15) is 0 Å². The number of aromatic nitrogens is 2. The van der Waals surface area contributed by atoms with Crippen LogP contribution in [-0.2, 0) is 13.5 Å². The van der Waals surface area contributed by atoms with E-state index in [4.69, 9.17) is 0 Å². The molecule has 1 aromatic heterocycles. The molecule has 0 aromatic carbocycles. The highest BCUT2D eigenvalue weighted by Gasteiger charge is 1.93. The first-order valence-electron chi connectivity index (χ1n) is 3.48. The summed E-state index contributed by atoms with van der Waals surface area (Å²) in [4.78, 5) is 3.98. The van der Waals surface area contributed by atoms with Gasteiger partial charge in [-0.3, -0.25) is 0 Å². The van der Waals surface area contributed by atoms with Gasteiger partial charge in [-0.2, -0.15) is 5.10 Å². The molecule has 1 N–H and O–H groups in total. The zero-order chi connectivity index (χ0) is 8.10. The lowest BCUT2D eigenvalue weighted by atomic mass is 10.3. The molecule has 0 atom stereocenters. The Morgan fingerprint density at radius 2 is 2.64 bits per heavy atom. The summed E-state index contributed by atoms with van der Waals surface area (Å²) in [7, 11) is 3.75. The Bertz CT molecular complexity index is 238. The third-order valence-electron chi connectivity index (χ3n) is 1.44. The first-order chi connectivity index (χ1) is 5.34. The Balaban J connectivity index is 2.50. The Morgan fingerprint density at radius 1 is 1.82 bits per heavy atom. The molecule has 11 heavy (non-hydrogen) atoms. The molecule has 60 valence electrons. The Kier molecular flexibility index (Phi) is 2.66. The molecule has 0 saturated heterocycles. The van der Waals surface area contributed by atoms with Gasteiger partial charge in [-0.05, 0) is 0 Å². The molecule has 0 unspecified atom stereocenters. The van der Waals surface area contributed by atoms with Crippen molar-refractivity contribution >= 4 is 6.21 Å². The second kappa shape index (κ2) is 3.75. The maximum atomic E-state index is 3.98. The van der Waals surface area contributed by atoms with Gasteiger partial charge in [0.15, 0.2) is 0 Å². The van der Waals surface area contributed by atoms with Crippen LogP contribution in [0.15, 0.2) is 17.6 Å². The number of hydrazone groups is 1. The van der Waals surface area contributed by atoms with E-state index in [0.29, 0.717) is 0 Å². The summed E-state index contributed by atoms with van der Waals surface area (Å²) in [6.07, 6.45) is 6.25. The van der Waals surface area contributed by atoms with Crippen molar-refractivity contribution in [2.24, 2.45) is 12.1 Å². The van der Waals surface area contributed by atoms with Gasteiger partial charge in [0, 0.05) is 38.6 Å². The van der Waals surface area contributed by atoms with Crippen LogP contribution in [0.1, 0.15) is 5.69 Å². The fourth-order valence-electron chi connectivity index (χ4n) is 0.812. The van der Waals surface area contributed by atoms with Gasteiger partial charge in [-0.25, -0.2) is 4.98 Å². The van der Waals surface area contributed by atoms with E-state index in [-0.39, 0.29) is 0 Å². The molecule has 1 rings (SSSR count). The van der Waals surface area contributed by atoms with Crippen LogP contribution in [0.3, 0.4) is 0 Å². The van der Waals surface area contributed by atoms with Gasteiger partial charge >= 0.3 is 0 Å². The van der Waals surface area contributed by atoms with Crippen LogP contribution in [0.25, 0.3) is 0 Å². The van der Waals surface area contributed by atoms with Crippen LogP contribution < -0.4 is 5.43 Å². The van der Waals surface area contributed by atoms with Crippen molar-refractivity contribution in [2.75, 3.05) is 7.05 Å². The Labute approximate surface area is 65.9 Å². The minimum absolute atomic E-state index is 0.817. The molecule has 0 amide bonds. The molecule has 0 fully saturated rings. The molecule has 1 heterocycles. The molecule has 0 bridgehead atoms. The summed E-state index contributed by atoms with van der Waals surface area (Å²) in [5.74, 6) is 0. The van der Waals surface area contributed by atoms with Gasteiger partial charge in [0.1, 0.15) is 0 Å². The van der Waals surface area contributed by atoms with E-state index >= 15 is 0 Å². The van der Waals surface area contributed by atoms with E-state index in [2.05, 4.69) is 15.5 Å². The molecule has 1 aromatic rings. The minimum Gasteiger partial charge on any atom is -0.337 e. The summed E-state index contributed by atoms with van der Waals surface area (Å²) in [5.41, 5.74) is 3.85. The summed E-state index contributed by atoms with van der Waals surface area (Å²) in [5, 5.41) is 3.87. The van der Waals surface area contributed by atoms with Crippen molar-refractivity contribution < 1.29 is 0 Å². The van der Waals surface area contributed by atoms with Crippen LogP contribution in [0.4, 0.5) is 0 Å². The van der Waals surface area contributed by atoms with Gasteiger partial charge in [-0.1, -0.05) is 0 Å². The fraction of sp³-hybridized carbons (Fsp3) is 0.429. The molecule has 0 spiro atoms. The first kappa shape index (κ1) is 7.78. The number of nitrogens with zero attached hydrogens (tertiary/aromatic N) is 3. The van der Waals surface area contributed by atoms with Crippen molar-refractivity contribution in [1.82, 2.24) is 15.0 Å². The van der Waals surface area contributed by atoms with Gasteiger partial charge < -0.3 is 9.99 Å². The average Bonchev–Trinajstić information content (AvgIpc) is 2.37. The minimum atomic E-state index is 0.817. The van der Waals surface area contributed by atoms with Gasteiger partial charge in [-0.15, -0.1) is 0 Å². The van der Waals surface area contributed by atoms with E-state index in [0.717, 1.165) is 12.1 Å². The summed E-state index contributed by atoms with van der Waals surface area (Å²) >= 11 is 0. The summed E-state index contributed by atoms with van der Waals surface area (Å²) in [6.45, 7) is 0. The monoisotopic (exact) mass is 152 g/mol. The van der Waals surface area contributed by atoms with Gasteiger partial charge in [0.25, 0.3) is 0 Å². The van der Waals surface area contributed by atoms with E-state index in [1.165, 1.54) is 0 Å². The third-order valence-corrected chi connectivity index (χ3v) is 1.44. The second-order valence-electron chi connectivity index (χ2n) is 2.24. The standard InChI is InChI=1S/C7H12N4/c1-8-10-4-3-7-5-9-6-11(7)2/h4-6,8H,3H2,1-2H3/b10-4+. The molecule has 0 saturated carbocycles. The lowest BCUT2D eigenvalue weighted by Crippen LogP contribution is -1.99. The highest BCUT2D eigenvalue weighted by molar-refractivity contribution is 5.60. The number of hydrogen-bond donors (Lipinski definition) is 1. The molecule has 0 aliphatic heterocycles. The molecular weight excluding hydrogens is 140 g/mol. The predicted molar refractivity (Wildman–Crippen MR) is 44.5 cm³/mol. The molecule has 4 nitrogen and oxygen atoms in total. The highest BCUT2D eigenvalue weighted by atomic mass is 15.3. The van der Waals surface area contributed by atoms with E-state index < -0.39 is 0 Å². The normalized spacial score (nSPS) is 10.7. The lowest BCUT2D eigenvalue weighted by Gasteiger charge is -1.95. The molecule has 0 aliphatic carbocycles. The number of rotatable bonds is 3. The largest absolute Gasteiger partial charge is 0.337 e. The second-order valence-corrected chi connectivity index (χ2v) is 2.24. The van der Waals surface area contributed by atoms with Gasteiger partial charge in [0.2, 0.25) is 0 Å². The fourth-order valence-corrected chi connectivity index (χ4v) is 0.812. The van der Waals surface area contributed by atoms with E-state index in [1.54, 1.807) is 13.4 Å². The van der Waals surface area contributed by atoms with Crippen molar-refractivity contribution in [1.29, 1.82) is 0 Å². The van der Waals surface area contributed by atoms with E-state index in [1.807, 2.05) is 24.0 Å². The Hall–Kier alpha value is -1.32. The molecule has 0 radical (unpaired) electrons. The van der Waals surface area contributed by atoms with Crippen molar-refractivity contribution in [3.05, 3.63) is 18.2 Å². The first-order valence-corrected chi connectivity index (χ1v) is 3.48. The lowest BCUT2D eigenvalue weighted by molar-refractivity contribution is 0.853. The Morgan fingerprint density at radius 3 is 3.18 bits per heavy atom. The van der Waals surface area contributed by atoms with Crippen LogP contribution in [-0.4, -0.2) is 22.8 Å². The van der Waals surface area contributed by atoms with Gasteiger partial charge in [0.05, 0.1) is 6.33 Å². The number of aryl methyl sites for hydroxylation is 1. The van der Waals surface area contributed by atoms with Crippen molar-refractivity contribution in [3.63, 3.8) is 0 Å². The van der Waals surface area contributed by atoms with Crippen LogP contribution in [0.2, 0.25) is 0 Å². The number of nitrogens with one attached hydrogen (secondary N) is 1. The molecule has 0 aliphatic rings. The molecule has 4 heteroatoms. The number of imidazole rings is 1. The zero-order valence-corrected chi connectivity index (χ0v) is 6.78. The van der Waals surface area contributed by atoms with Crippen molar-refractivity contribution in [3.8, 4) is 0 Å². The maximum absolute atomic E-state index is 3.98. The topological polar surface area (TPSA) is 42.2 Å². The smallest absolute Gasteiger partial charge is 0.0945 e. The SMILES string of the molecule is CN/N=C/Cc1cncn1C. The van der Waals surface area contributed by atoms with Crippen molar-refractivity contribution in [2.45, 2.75) is 6.42 Å². The zero-order valence-electron chi connectivity index (χ0n) is 6.78. The third kappa shape index (κ3) is 2.07. The quantitative estimate of drug-likeness (QED) is 0.495.